The molecular formula is C14H21NO3S. The molecule has 1 atom stereocenters. The summed E-state index contributed by atoms with van der Waals surface area (Å²) in [5.41, 5.74) is 1.03. The van der Waals surface area contributed by atoms with Gasteiger partial charge in [-0.25, -0.2) is 8.42 Å². The number of benzene rings is 1. The molecule has 1 fully saturated rings. The predicted octanol–water partition coefficient (Wildman–Crippen LogP) is 1.41. The van der Waals surface area contributed by atoms with Crippen molar-refractivity contribution in [1.29, 1.82) is 0 Å². The van der Waals surface area contributed by atoms with Crippen LogP contribution in [0.15, 0.2) is 30.3 Å². The summed E-state index contributed by atoms with van der Waals surface area (Å²) in [4.78, 5) is 0. The van der Waals surface area contributed by atoms with Gasteiger partial charge >= 0.3 is 0 Å². The molecule has 2 rings (SSSR count). The van der Waals surface area contributed by atoms with Crippen molar-refractivity contribution in [2.75, 3.05) is 18.9 Å². The van der Waals surface area contributed by atoms with Crippen LogP contribution in [0.2, 0.25) is 0 Å². The highest BCUT2D eigenvalue weighted by molar-refractivity contribution is 7.89. The fraction of sp³-hybridized carbons (Fsp3) is 0.571. The van der Waals surface area contributed by atoms with E-state index < -0.39 is 10.0 Å². The number of aliphatic hydroxyl groups is 1. The van der Waals surface area contributed by atoms with Crippen LogP contribution in [0.1, 0.15) is 24.8 Å². The average molecular weight is 283 g/mol. The highest BCUT2D eigenvalue weighted by atomic mass is 32.2. The van der Waals surface area contributed by atoms with Gasteiger partial charge in [-0.3, -0.25) is 0 Å². The van der Waals surface area contributed by atoms with Gasteiger partial charge in [0.15, 0.2) is 0 Å². The normalized spacial score (nSPS) is 21.4. The van der Waals surface area contributed by atoms with E-state index in [-0.39, 0.29) is 18.4 Å². The Balaban J connectivity index is 2.01. The third-order valence-corrected chi connectivity index (χ3v) is 5.55. The summed E-state index contributed by atoms with van der Waals surface area (Å²) in [6.45, 7) is 0.465. The first kappa shape index (κ1) is 14.5. The molecule has 1 saturated heterocycles. The number of hydrogen-bond acceptors (Lipinski definition) is 3. The first-order chi connectivity index (χ1) is 9.13. The smallest absolute Gasteiger partial charge is 0.214 e. The van der Waals surface area contributed by atoms with Gasteiger partial charge < -0.3 is 5.11 Å². The highest BCUT2D eigenvalue weighted by Crippen LogP contribution is 2.21. The molecule has 0 aliphatic carbocycles. The van der Waals surface area contributed by atoms with E-state index in [0.29, 0.717) is 13.0 Å². The minimum Gasteiger partial charge on any atom is -0.395 e. The molecular weight excluding hydrogens is 262 g/mol. The van der Waals surface area contributed by atoms with E-state index in [2.05, 4.69) is 0 Å². The van der Waals surface area contributed by atoms with E-state index in [1.807, 2.05) is 30.3 Å². The lowest BCUT2D eigenvalue weighted by Crippen LogP contribution is -2.46. The summed E-state index contributed by atoms with van der Waals surface area (Å²) < 4.78 is 26.2. The molecule has 4 nitrogen and oxygen atoms in total. The van der Waals surface area contributed by atoms with Crippen molar-refractivity contribution in [1.82, 2.24) is 4.31 Å². The Bertz CT molecular complexity index is 487. The van der Waals surface area contributed by atoms with E-state index in [1.54, 1.807) is 0 Å². The lowest BCUT2D eigenvalue weighted by molar-refractivity contribution is 0.155. The summed E-state index contributed by atoms with van der Waals surface area (Å²) in [6.07, 6.45) is 3.18. The molecule has 0 saturated carbocycles. The summed E-state index contributed by atoms with van der Waals surface area (Å²) in [6, 6.07) is 9.41. The fourth-order valence-electron chi connectivity index (χ4n) is 2.53. The topological polar surface area (TPSA) is 57.6 Å². The molecule has 1 aliphatic heterocycles. The zero-order valence-electron chi connectivity index (χ0n) is 11.0. The van der Waals surface area contributed by atoms with Crippen molar-refractivity contribution >= 4 is 10.0 Å². The molecule has 106 valence electrons. The molecule has 0 spiro atoms. The van der Waals surface area contributed by atoms with Gasteiger partial charge in [-0.2, -0.15) is 4.31 Å². The third-order valence-electron chi connectivity index (χ3n) is 3.63. The first-order valence-electron chi connectivity index (χ1n) is 6.78. The van der Waals surface area contributed by atoms with E-state index in [4.69, 9.17) is 0 Å². The second-order valence-corrected chi connectivity index (χ2v) is 7.04. The van der Waals surface area contributed by atoms with Crippen molar-refractivity contribution in [3.8, 4) is 0 Å². The second-order valence-electron chi connectivity index (χ2n) is 4.99. The molecule has 0 amide bonds. The maximum Gasteiger partial charge on any atom is 0.214 e. The second kappa shape index (κ2) is 6.50. The Morgan fingerprint density at radius 2 is 1.95 bits per heavy atom. The van der Waals surface area contributed by atoms with Crippen molar-refractivity contribution in [2.45, 2.75) is 31.7 Å². The maximum absolute atomic E-state index is 12.3. The van der Waals surface area contributed by atoms with Crippen molar-refractivity contribution in [3.05, 3.63) is 35.9 Å². The van der Waals surface area contributed by atoms with Gasteiger partial charge in [-0.15, -0.1) is 0 Å². The van der Waals surface area contributed by atoms with Gasteiger partial charge in [-0.1, -0.05) is 36.8 Å². The highest BCUT2D eigenvalue weighted by Gasteiger charge is 2.31. The molecule has 1 aromatic carbocycles. The van der Waals surface area contributed by atoms with Crippen molar-refractivity contribution in [3.63, 3.8) is 0 Å². The molecule has 0 radical (unpaired) electrons. The first-order valence-corrected chi connectivity index (χ1v) is 8.39. The third kappa shape index (κ3) is 3.78. The molecule has 1 unspecified atom stereocenters. The lowest BCUT2D eigenvalue weighted by atomic mass is 10.1. The van der Waals surface area contributed by atoms with Crippen molar-refractivity contribution in [2.24, 2.45) is 0 Å². The maximum atomic E-state index is 12.3. The molecule has 5 heteroatoms. The van der Waals surface area contributed by atoms with E-state index >= 15 is 0 Å². The molecule has 0 bridgehead atoms. The molecule has 19 heavy (non-hydrogen) atoms. The Morgan fingerprint density at radius 3 is 2.63 bits per heavy atom. The van der Waals surface area contributed by atoms with Gasteiger partial charge in [0.05, 0.1) is 12.4 Å². The minimum atomic E-state index is -3.27. The zero-order valence-corrected chi connectivity index (χ0v) is 11.8. The Kier molecular flexibility index (Phi) is 4.96. The van der Waals surface area contributed by atoms with Crippen LogP contribution in [-0.2, 0) is 16.4 Å². The van der Waals surface area contributed by atoms with Crippen LogP contribution in [0.5, 0.6) is 0 Å². The Labute approximate surface area is 115 Å². The van der Waals surface area contributed by atoms with Crippen LogP contribution in [0.4, 0.5) is 0 Å². The summed E-state index contributed by atoms with van der Waals surface area (Å²) in [7, 11) is -3.27. The Morgan fingerprint density at radius 1 is 1.21 bits per heavy atom. The summed E-state index contributed by atoms with van der Waals surface area (Å²) >= 11 is 0. The number of piperidine rings is 1. The van der Waals surface area contributed by atoms with E-state index in [9.17, 15) is 13.5 Å². The van der Waals surface area contributed by atoms with E-state index in [1.165, 1.54) is 4.31 Å². The number of aryl methyl sites for hydroxylation is 1. The van der Waals surface area contributed by atoms with Crippen molar-refractivity contribution < 1.29 is 13.5 Å². The van der Waals surface area contributed by atoms with Gasteiger partial charge in [0, 0.05) is 12.6 Å². The zero-order chi connectivity index (χ0) is 13.7. The number of aliphatic hydroxyl groups excluding tert-OH is 1. The summed E-state index contributed by atoms with van der Waals surface area (Å²) in [5, 5.41) is 9.30. The molecule has 1 aromatic rings. The Hall–Kier alpha value is -0.910. The van der Waals surface area contributed by atoms with Crippen LogP contribution < -0.4 is 0 Å². The monoisotopic (exact) mass is 283 g/mol. The SMILES string of the molecule is O=S(=O)(CCc1ccccc1)N1CCCCC1CO. The number of sulfonamides is 1. The number of nitrogens with zero attached hydrogens (tertiary/aromatic N) is 1. The molecule has 0 aromatic heterocycles. The van der Waals surface area contributed by atoms with Gasteiger partial charge in [0.1, 0.15) is 0 Å². The van der Waals surface area contributed by atoms with Gasteiger partial charge in [0.25, 0.3) is 0 Å². The number of rotatable bonds is 5. The van der Waals surface area contributed by atoms with Crippen LogP contribution >= 0.6 is 0 Å². The van der Waals surface area contributed by atoms with Gasteiger partial charge in [-0.05, 0) is 24.8 Å². The van der Waals surface area contributed by atoms with Crippen LogP contribution in [0.3, 0.4) is 0 Å². The quantitative estimate of drug-likeness (QED) is 0.889. The molecule has 1 heterocycles. The van der Waals surface area contributed by atoms with Crippen LogP contribution in [0.25, 0.3) is 0 Å². The minimum absolute atomic E-state index is 0.0788. The van der Waals surface area contributed by atoms with E-state index in [0.717, 1.165) is 24.8 Å². The van der Waals surface area contributed by atoms with Crippen LogP contribution in [0, 0.1) is 0 Å². The van der Waals surface area contributed by atoms with Gasteiger partial charge in [0.2, 0.25) is 10.0 Å². The standard InChI is InChI=1S/C14H21NO3S/c16-12-14-8-4-5-10-15(14)19(17,18)11-9-13-6-2-1-3-7-13/h1-3,6-7,14,16H,4-5,8-12H2. The summed E-state index contributed by atoms with van der Waals surface area (Å²) in [5.74, 6) is 0.119. The molecule has 1 N–H and O–H groups in total. The number of hydrogen-bond donors (Lipinski definition) is 1. The average Bonchev–Trinajstić information content (AvgIpc) is 2.46. The van der Waals surface area contributed by atoms with Crippen LogP contribution in [-0.4, -0.2) is 42.8 Å². The predicted molar refractivity (Wildman–Crippen MR) is 75.4 cm³/mol. The largest absolute Gasteiger partial charge is 0.395 e. The fourth-order valence-corrected chi connectivity index (χ4v) is 4.29. The molecule has 1 aliphatic rings. The lowest BCUT2D eigenvalue weighted by Gasteiger charge is -2.33.